The summed E-state index contributed by atoms with van der Waals surface area (Å²) in [6.45, 7) is 2.86. The van der Waals surface area contributed by atoms with Crippen molar-refractivity contribution < 1.29 is 4.74 Å². The van der Waals surface area contributed by atoms with E-state index in [-0.39, 0.29) is 6.04 Å². The zero-order valence-corrected chi connectivity index (χ0v) is 8.78. The van der Waals surface area contributed by atoms with Gasteiger partial charge in [0.15, 0.2) is 0 Å². The summed E-state index contributed by atoms with van der Waals surface area (Å²) >= 11 is 0. The van der Waals surface area contributed by atoms with Crippen molar-refractivity contribution in [3.05, 3.63) is 30.3 Å². The Bertz CT molecular complexity index is 235. The Morgan fingerprint density at radius 1 is 1.21 bits per heavy atom. The number of para-hydroxylation sites is 1. The number of nitrogens with two attached hydrogens (primary N) is 1. The first kappa shape index (κ1) is 11.1. The maximum Gasteiger partial charge on any atom is 0.119 e. The minimum absolute atomic E-state index is 0.281. The van der Waals surface area contributed by atoms with Crippen molar-refractivity contribution in [2.75, 3.05) is 6.61 Å². The summed E-state index contributed by atoms with van der Waals surface area (Å²) in [5.74, 6) is 0.927. The average Bonchev–Trinajstić information content (AvgIpc) is 2.20. The molecule has 1 rings (SSSR count). The van der Waals surface area contributed by atoms with E-state index in [1.54, 1.807) is 0 Å². The molecule has 0 radical (unpaired) electrons. The Morgan fingerprint density at radius 3 is 2.57 bits per heavy atom. The summed E-state index contributed by atoms with van der Waals surface area (Å²) in [6.07, 6.45) is 3.16. The van der Waals surface area contributed by atoms with E-state index in [0.717, 1.165) is 25.0 Å². The Hall–Kier alpha value is -1.02. The highest BCUT2D eigenvalue weighted by molar-refractivity contribution is 5.20. The Kier molecular flexibility index (Phi) is 5.08. The van der Waals surface area contributed by atoms with Crippen molar-refractivity contribution in [2.45, 2.75) is 32.2 Å². The third-order valence-corrected chi connectivity index (χ3v) is 2.16. The molecular formula is C12H19NO. The number of hydrogen-bond acceptors (Lipinski definition) is 2. The zero-order chi connectivity index (χ0) is 10.2. The molecule has 0 aliphatic carbocycles. The van der Waals surface area contributed by atoms with Crippen LogP contribution in [0.3, 0.4) is 0 Å². The van der Waals surface area contributed by atoms with Crippen LogP contribution in [-0.2, 0) is 0 Å². The van der Waals surface area contributed by atoms with Gasteiger partial charge in [-0.1, -0.05) is 31.5 Å². The lowest BCUT2D eigenvalue weighted by atomic mass is 10.1. The zero-order valence-electron chi connectivity index (χ0n) is 8.78. The highest BCUT2D eigenvalue weighted by Crippen LogP contribution is 2.09. The molecule has 0 aliphatic heterocycles. The van der Waals surface area contributed by atoms with Crippen molar-refractivity contribution in [1.29, 1.82) is 0 Å². The van der Waals surface area contributed by atoms with Crippen LogP contribution in [0.4, 0.5) is 0 Å². The van der Waals surface area contributed by atoms with Crippen molar-refractivity contribution >= 4 is 0 Å². The van der Waals surface area contributed by atoms with E-state index < -0.39 is 0 Å². The topological polar surface area (TPSA) is 35.2 Å². The van der Waals surface area contributed by atoms with Crippen LogP contribution in [0.15, 0.2) is 30.3 Å². The molecule has 0 aromatic heterocycles. The minimum Gasteiger partial charge on any atom is -0.494 e. The fourth-order valence-electron chi connectivity index (χ4n) is 1.36. The van der Waals surface area contributed by atoms with Crippen LogP contribution in [0, 0.1) is 0 Å². The number of rotatable bonds is 6. The molecule has 0 saturated carbocycles. The molecule has 0 spiro atoms. The quantitative estimate of drug-likeness (QED) is 0.753. The monoisotopic (exact) mass is 193 g/mol. The molecule has 1 aromatic carbocycles. The van der Waals surface area contributed by atoms with Crippen LogP contribution in [0.2, 0.25) is 0 Å². The molecule has 78 valence electrons. The van der Waals surface area contributed by atoms with Crippen molar-refractivity contribution in [3.63, 3.8) is 0 Å². The first-order chi connectivity index (χ1) is 6.83. The third-order valence-electron chi connectivity index (χ3n) is 2.16. The molecule has 0 aliphatic rings. The van der Waals surface area contributed by atoms with Crippen LogP contribution in [0.5, 0.6) is 5.75 Å². The summed E-state index contributed by atoms with van der Waals surface area (Å²) in [6, 6.07) is 10.1. The van der Waals surface area contributed by atoms with Gasteiger partial charge in [0, 0.05) is 6.04 Å². The largest absolute Gasteiger partial charge is 0.494 e. The predicted octanol–water partition coefficient (Wildman–Crippen LogP) is 2.58. The second kappa shape index (κ2) is 6.44. The molecule has 0 amide bonds. The van der Waals surface area contributed by atoms with E-state index >= 15 is 0 Å². The van der Waals surface area contributed by atoms with Gasteiger partial charge in [0.1, 0.15) is 5.75 Å². The second-order valence-corrected chi connectivity index (χ2v) is 3.50. The maximum absolute atomic E-state index is 5.87. The summed E-state index contributed by atoms with van der Waals surface area (Å²) < 4.78 is 5.54. The SMILES string of the molecule is CCC[C@@H](N)CCOc1ccccc1. The van der Waals surface area contributed by atoms with Crippen LogP contribution in [-0.4, -0.2) is 12.6 Å². The molecule has 1 aromatic rings. The van der Waals surface area contributed by atoms with Crippen molar-refractivity contribution in [2.24, 2.45) is 5.73 Å². The molecular weight excluding hydrogens is 174 g/mol. The van der Waals surface area contributed by atoms with Gasteiger partial charge in [-0.2, -0.15) is 0 Å². The van der Waals surface area contributed by atoms with E-state index in [4.69, 9.17) is 10.5 Å². The smallest absolute Gasteiger partial charge is 0.119 e. The molecule has 2 heteroatoms. The van der Waals surface area contributed by atoms with E-state index in [1.165, 1.54) is 0 Å². The second-order valence-electron chi connectivity index (χ2n) is 3.50. The van der Waals surface area contributed by atoms with Gasteiger partial charge in [-0.15, -0.1) is 0 Å². The third kappa shape index (κ3) is 4.28. The highest BCUT2D eigenvalue weighted by Gasteiger charge is 2.00. The molecule has 0 fully saturated rings. The Morgan fingerprint density at radius 2 is 1.93 bits per heavy atom. The number of hydrogen-bond donors (Lipinski definition) is 1. The van der Waals surface area contributed by atoms with E-state index in [2.05, 4.69) is 6.92 Å². The van der Waals surface area contributed by atoms with Gasteiger partial charge in [-0.25, -0.2) is 0 Å². The Balaban J connectivity index is 2.16. The predicted molar refractivity (Wildman–Crippen MR) is 59.4 cm³/mol. The fraction of sp³-hybridized carbons (Fsp3) is 0.500. The van der Waals surface area contributed by atoms with Gasteiger partial charge < -0.3 is 10.5 Å². The van der Waals surface area contributed by atoms with Crippen LogP contribution >= 0.6 is 0 Å². The summed E-state index contributed by atoms with van der Waals surface area (Å²) in [5, 5.41) is 0. The molecule has 0 heterocycles. The van der Waals surface area contributed by atoms with Crippen LogP contribution in [0.1, 0.15) is 26.2 Å². The van der Waals surface area contributed by atoms with Gasteiger partial charge in [0.2, 0.25) is 0 Å². The van der Waals surface area contributed by atoms with E-state index in [0.29, 0.717) is 6.61 Å². The summed E-state index contributed by atoms with van der Waals surface area (Å²) in [4.78, 5) is 0. The van der Waals surface area contributed by atoms with Crippen molar-refractivity contribution in [1.82, 2.24) is 0 Å². The van der Waals surface area contributed by atoms with Gasteiger partial charge in [-0.05, 0) is 25.0 Å². The lowest BCUT2D eigenvalue weighted by Crippen LogP contribution is -2.22. The standard InChI is InChI=1S/C12H19NO/c1-2-6-11(13)9-10-14-12-7-4-3-5-8-12/h3-5,7-8,11H,2,6,9-10,13H2,1H3/t11-/m1/s1. The Labute approximate surface area is 86.1 Å². The maximum atomic E-state index is 5.87. The molecule has 0 bridgehead atoms. The lowest BCUT2D eigenvalue weighted by molar-refractivity contribution is 0.294. The fourth-order valence-corrected chi connectivity index (χ4v) is 1.36. The van der Waals surface area contributed by atoms with E-state index in [9.17, 15) is 0 Å². The number of ether oxygens (including phenoxy) is 1. The average molecular weight is 193 g/mol. The van der Waals surface area contributed by atoms with Crippen molar-refractivity contribution in [3.8, 4) is 5.75 Å². The molecule has 1 atom stereocenters. The van der Waals surface area contributed by atoms with Gasteiger partial charge in [0.05, 0.1) is 6.61 Å². The molecule has 14 heavy (non-hydrogen) atoms. The summed E-state index contributed by atoms with van der Waals surface area (Å²) in [5.41, 5.74) is 5.87. The van der Waals surface area contributed by atoms with Gasteiger partial charge in [-0.3, -0.25) is 0 Å². The molecule has 0 unspecified atom stereocenters. The first-order valence-electron chi connectivity index (χ1n) is 5.26. The molecule has 2 N–H and O–H groups in total. The minimum atomic E-state index is 0.281. The highest BCUT2D eigenvalue weighted by atomic mass is 16.5. The lowest BCUT2D eigenvalue weighted by Gasteiger charge is -2.10. The number of benzene rings is 1. The molecule has 0 saturated heterocycles. The van der Waals surface area contributed by atoms with Crippen LogP contribution in [0.25, 0.3) is 0 Å². The van der Waals surface area contributed by atoms with Gasteiger partial charge >= 0.3 is 0 Å². The van der Waals surface area contributed by atoms with E-state index in [1.807, 2.05) is 30.3 Å². The van der Waals surface area contributed by atoms with Crippen LogP contribution < -0.4 is 10.5 Å². The molecule has 2 nitrogen and oxygen atoms in total. The first-order valence-corrected chi connectivity index (χ1v) is 5.26. The normalized spacial score (nSPS) is 12.4. The summed E-state index contributed by atoms with van der Waals surface area (Å²) in [7, 11) is 0. The van der Waals surface area contributed by atoms with Gasteiger partial charge in [0.25, 0.3) is 0 Å².